The minimum atomic E-state index is 0.157. The second-order valence-electron chi connectivity index (χ2n) is 8.14. The molecule has 156 valence electrons. The van der Waals surface area contributed by atoms with E-state index in [0.717, 1.165) is 44.8 Å². The second kappa shape index (κ2) is 11.0. The predicted molar refractivity (Wildman–Crippen MR) is 115 cm³/mol. The fraction of sp³-hybridized carbons (Fsp3) is 0.458. The predicted octanol–water partition coefficient (Wildman–Crippen LogP) is 0.464. The van der Waals surface area contributed by atoms with E-state index in [1.54, 1.807) is 4.90 Å². The Morgan fingerprint density at radius 1 is 1.07 bits per heavy atom. The minimum absolute atomic E-state index is 0.157. The van der Waals surface area contributed by atoms with Crippen LogP contribution in [0.1, 0.15) is 30.9 Å². The average molecular weight is 398 g/mol. The Labute approximate surface area is 174 Å². The van der Waals surface area contributed by atoms with Crippen molar-refractivity contribution in [3.05, 3.63) is 65.7 Å². The Morgan fingerprint density at radius 3 is 2.41 bits per heavy atom. The molecule has 2 aromatic carbocycles. The molecule has 5 nitrogen and oxygen atoms in total. The van der Waals surface area contributed by atoms with E-state index >= 15 is 0 Å². The lowest BCUT2D eigenvalue weighted by atomic mass is 10.0. The SMILES string of the molecule is CCOc1ccc(C[NH+](C)CC(=O)NC2CC[NH+](Cc3ccccc3)CC2)cc1. The van der Waals surface area contributed by atoms with Gasteiger partial charge in [-0.25, -0.2) is 0 Å². The largest absolute Gasteiger partial charge is 0.494 e. The Bertz CT molecular complexity index is 740. The number of piperidine rings is 1. The van der Waals surface area contributed by atoms with Crippen LogP contribution in [0.3, 0.4) is 0 Å². The summed E-state index contributed by atoms with van der Waals surface area (Å²) in [6, 6.07) is 19.1. The maximum absolute atomic E-state index is 12.5. The van der Waals surface area contributed by atoms with Crippen LogP contribution in [0.5, 0.6) is 5.75 Å². The van der Waals surface area contributed by atoms with E-state index in [0.29, 0.717) is 19.2 Å². The van der Waals surface area contributed by atoms with Gasteiger partial charge in [-0.2, -0.15) is 0 Å². The number of nitrogens with one attached hydrogen (secondary N) is 3. The number of hydrogen-bond acceptors (Lipinski definition) is 2. The van der Waals surface area contributed by atoms with Gasteiger partial charge in [0.1, 0.15) is 18.8 Å². The highest BCUT2D eigenvalue weighted by Crippen LogP contribution is 2.11. The van der Waals surface area contributed by atoms with Crippen molar-refractivity contribution in [2.24, 2.45) is 0 Å². The van der Waals surface area contributed by atoms with Crippen molar-refractivity contribution in [3.63, 3.8) is 0 Å². The van der Waals surface area contributed by atoms with E-state index in [2.05, 4.69) is 54.8 Å². The van der Waals surface area contributed by atoms with Crippen LogP contribution in [0.4, 0.5) is 0 Å². The molecule has 1 amide bonds. The highest BCUT2D eigenvalue weighted by atomic mass is 16.5. The van der Waals surface area contributed by atoms with Gasteiger partial charge >= 0.3 is 0 Å². The van der Waals surface area contributed by atoms with Crippen molar-refractivity contribution in [2.75, 3.05) is 33.3 Å². The third-order valence-electron chi connectivity index (χ3n) is 5.56. The summed E-state index contributed by atoms with van der Waals surface area (Å²) in [5.74, 6) is 1.05. The minimum Gasteiger partial charge on any atom is -0.494 e. The van der Waals surface area contributed by atoms with E-state index in [1.807, 2.05) is 19.1 Å². The van der Waals surface area contributed by atoms with Crippen LogP contribution < -0.4 is 19.9 Å². The van der Waals surface area contributed by atoms with Gasteiger partial charge in [0.05, 0.1) is 26.7 Å². The van der Waals surface area contributed by atoms with E-state index in [9.17, 15) is 4.79 Å². The molecule has 1 aliphatic rings. The zero-order valence-electron chi connectivity index (χ0n) is 17.7. The lowest BCUT2D eigenvalue weighted by molar-refractivity contribution is -0.918. The first kappa shape index (κ1) is 21.3. The number of carbonyl (C=O) groups excluding carboxylic acids is 1. The van der Waals surface area contributed by atoms with Gasteiger partial charge in [-0.15, -0.1) is 0 Å². The number of ether oxygens (including phenoxy) is 1. The van der Waals surface area contributed by atoms with E-state index in [1.165, 1.54) is 16.0 Å². The van der Waals surface area contributed by atoms with Crippen LogP contribution in [-0.2, 0) is 17.9 Å². The lowest BCUT2D eigenvalue weighted by Gasteiger charge is -2.30. The number of quaternary nitrogens is 2. The van der Waals surface area contributed by atoms with Crippen molar-refractivity contribution in [2.45, 2.75) is 38.9 Å². The number of hydrogen-bond donors (Lipinski definition) is 3. The topological polar surface area (TPSA) is 47.2 Å². The van der Waals surface area contributed by atoms with Gasteiger partial charge in [0.15, 0.2) is 6.54 Å². The summed E-state index contributed by atoms with van der Waals surface area (Å²) in [6.45, 7) is 7.32. The number of likely N-dealkylation sites (N-methyl/N-ethyl adjacent to an activating group) is 1. The molecular formula is C24H35N3O2+2. The summed E-state index contributed by atoms with van der Waals surface area (Å²) in [6.07, 6.45) is 2.12. The fourth-order valence-corrected chi connectivity index (χ4v) is 4.07. The van der Waals surface area contributed by atoms with E-state index in [-0.39, 0.29) is 5.91 Å². The Hall–Kier alpha value is -2.37. The number of benzene rings is 2. The average Bonchev–Trinajstić information content (AvgIpc) is 2.72. The van der Waals surface area contributed by atoms with Crippen LogP contribution in [-0.4, -0.2) is 45.2 Å². The summed E-state index contributed by atoms with van der Waals surface area (Å²) >= 11 is 0. The summed E-state index contributed by atoms with van der Waals surface area (Å²) in [5, 5.41) is 3.25. The van der Waals surface area contributed by atoms with Crippen LogP contribution in [0.15, 0.2) is 54.6 Å². The summed E-state index contributed by atoms with van der Waals surface area (Å²) in [7, 11) is 2.07. The maximum Gasteiger partial charge on any atom is 0.275 e. The Kier molecular flexibility index (Phi) is 8.08. The summed E-state index contributed by atoms with van der Waals surface area (Å²) in [4.78, 5) is 15.3. The fourth-order valence-electron chi connectivity index (χ4n) is 4.07. The highest BCUT2D eigenvalue weighted by Gasteiger charge is 2.24. The molecule has 1 unspecified atom stereocenters. The summed E-state index contributed by atoms with van der Waals surface area (Å²) in [5.41, 5.74) is 2.61. The molecule has 0 aliphatic carbocycles. The maximum atomic E-state index is 12.5. The van der Waals surface area contributed by atoms with E-state index < -0.39 is 0 Å². The molecule has 3 N–H and O–H groups in total. The van der Waals surface area contributed by atoms with Gasteiger partial charge in [0.2, 0.25) is 0 Å². The first-order valence-electron chi connectivity index (χ1n) is 10.8. The van der Waals surface area contributed by atoms with Crippen LogP contribution in [0, 0.1) is 0 Å². The molecule has 3 rings (SSSR count). The molecule has 0 aromatic heterocycles. The third kappa shape index (κ3) is 7.18. The van der Waals surface area contributed by atoms with E-state index in [4.69, 9.17) is 4.74 Å². The van der Waals surface area contributed by atoms with Gasteiger partial charge in [0.25, 0.3) is 5.91 Å². The zero-order chi connectivity index (χ0) is 20.5. The Morgan fingerprint density at radius 2 is 1.76 bits per heavy atom. The van der Waals surface area contributed by atoms with Crippen molar-refractivity contribution < 1.29 is 19.3 Å². The van der Waals surface area contributed by atoms with Crippen LogP contribution in [0.2, 0.25) is 0 Å². The number of rotatable bonds is 9. The summed E-state index contributed by atoms with van der Waals surface area (Å²) < 4.78 is 5.48. The van der Waals surface area contributed by atoms with Gasteiger partial charge in [-0.1, -0.05) is 30.3 Å². The normalized spacial score (nSPS) is 20.1. The lowest BCUT2D eigenvalue weighted by Crippen LogP contribution is -3.12. The van der Waals surface area contributed by atoms with Crippen LogP contribution >= 0.6 is 0 Å². The standard InChI is InChI=1S/C24H33N3O2/c1-3-29-23-11-9-21(10-12-23)17-26(2)19-24(28)25-22-13-15-27(16-14-22)18-20-7-5-4-6-8-20/h4-12,22H,3,13-19H2,1-2H3,(H,25,28)/p+2. The Balaban J connectivity index is 1.36. The molecule has 1 fully saturated rings. The number of amides is 1. The zero-order valence-corrected chi connectivity index (χ0v) is 17.7. The molecule has 1 saturated heterocycles. The van der Waals surface area contributed by atoms with Crippen molar-refractivity contribution in [3.8, 4) is 5.75 Å². The second-order valence-corrected chi connectivity index (χ2v) is 8.14. The quantitative estimate of drug-likeness (QED) is 0.576. The van der Waals surface area contributed by atoms with Gasteiger partial charge in [0, 0.05) is 30.0 Å². The van der Waals surface area contributed by atoms with Gasteiger partial charge in [-0.3, -0.25) is 4.79 Å². The third-order valence-corrected chi connectivity index (χ3v) is 5.56. The van der Waals surface area contributed by atoms with Gasteiger partial charge < -0.3 is 19.9 Å². The molecule has 1 atom stereocenters. The molecule has 0 saturated carbocycles. The van der Waals surface area contributed by atoms with Crippen molar-refractivity contribution >= 4 is 5.91 Å². The molecule has 0 radical (unpaired) electrons. The molecular weight excluding hydrogens is 362 g/mol. The molecule has 5 heteroatoms. The molecule has 1 heterocycles. The number of likely N-dealkylation sites (tertiary alicyclic amines) is 1. The highest BCUT2D eigenvalue weighted by molar-refractivity contribution is 5.77. The van der Waals surface area contributed by atoms with Gasteiger partial charge in [-0.05, 0) is 31.2 Å². The smallest absolute Gasteiger partial charge is 0.275 e. The molecule has 0 bridgehead atoms. The first-order valence-corrected chi connectivity index (χ1v) is 10.8. The first-order chi connectivity index (χ1) is 14.1. The number of carbonyl (C=O) groups is 1. The van der Waals surface area contributed by atoms with Crippen molar-refractivity contribution in [1.82, 2.24) is 5.32 Å². The van der Waals surface area contributed by atoms with Crippen LogP contribution in [0.25, 0.3) is 0 Å². The molecule has 29 heavy (non-hydrogen) atoms. The monoisotopic (exact) mass is 397 g/mol. The molecule has 1 aliphatic heterocycles. The molecule has 0 spiro atoms. The molecule has 2 aromatic rings. The van der Waals surface area contributed by atoms with Crippen molar-refractivity contribution in [1.29, 1.82) is 0 Å².